The fraction of sp³-hybridized carbons (Fsp3) is 0. The largest absolute Gasteiger partial charge is 0.461 e. The Labute approximate surface area is 90.5 Å². The summed E-state index contributed by atoms with van der Waals surface area (Å²) in [5, 5.41) is 0. The summed E-state index contributed by atoms with van der Waals surface area (Å²) in [6, 6.07) is 10.5. The third-order valence-corrected chi connectivity index (χ3v) is 2.23. The van der Waals surface area contributed by atoms with Gasteiger partial charge < -0.3 is 8.83 Å². The minimum absolute atomic E-state index is 0.0520. The molecule has 0 radical (unpaired) electrons. The van der Waals surface area contributed by atoms with E-state index in [1.54, 1.807) is 24.3 Å². The molecule has 2 heterocycles. The summed E-state index contributed by atoms with van der Waals surface area (Å²) in [5.74, 6) is -0.0658. The van der Waals surface area contributed by atoms with Crippen molar-refractivity contribution >= 4 is 16.9 Å². The number of furan rings is 1. The number of para-hydroxylation sites is 2. The standard InChI is InChI=1S/C12H7NO3/c14-11(10-6-3-7-15-10)12-13-8-4-1-2-5-9(8)16-12/h1-7H. The molecule has 0 fully saturated rings. The molecule has 0 spiro atoms. The normalized spacial score (nSPS) is 10.8. The minimum atomic E-state index is -0.346. The molecule has 0 saturated carbocycles. The average Bonchev–Trinajstić information content (AvgIpc) is 2.97. The molecule has 0 aliphatic carbocycles. The van der Waals surface area contributed by atoms with Crippen LogP contribution in [-0.2, 0) is 0 Å². The van der Waals surface area contributed by atoms with Crippen LogP contribution in [0.5, 0.6) is 0 Å². The van der Waals surface area contributed by atoms with Crippen molar-refractivity contribution in [3.63, 3.8) is 0 Å². The molecule has 4 nitrogen and oxygen atoms in total. The quantitative estimate of drug-likeness (QED) is 0.614. The fourth-order valence-corrected chi connectivity index (χ4v) is 1.48. The van der Waals surface area contributed by atoms with Crippen LogP contribution in [0.2, 0.25) is 0 Å². The van der Waals surface area contributed by atoms with Crippen molar-refractivity contribution in [2.75, 3.05) is 0 Å². The van der Waals surface area contributed by atoms with Crippen molar-refractivity contribution in [1.82, 2.24) is 4.98 Å². The summed E-state index contributed by atoms with van der Waals surface area (Å²) in [5.41, 5.74) is 1.26. The molecule has 0 unspecified atom stereocenters. The number of benzene rings is 1. The Hall–Kier alpha value is -2.36. The Kier molecular flexibility index (Phi) is 1.86. The van der Waals surface area contributed by atoms with Crippen LogP contribution in [0.1, 0.15) is 16.4 Å². The summed E-state index contributed by atoms with van der Waals surface area (Å²) in [6.07, 6.45) is 1.44. The number of fused-ring (bicyclic) bond motifs is 1. The van der Waals surface area contributed by atoms with Crippen LogP contribution in [0.15, 0.2) is 51.5 Å². The molecule has 0 aliphatic heterocycles. The van der Waals surface area contributed by atoms with Crippen molar-refractivity contribution in [1.29, 1.82) is 0 Å². The highest BCUT2D eigenvalue weighted by atomic mass is 16.4. The molecule has 0 bridgehead atoms. The first kappa shape index (κ1) is 8.91. The van der Waals surface area contributed by atoms with Gasteiger partial charge in [0.15, 0.2) is 11.3 Å². The van der Waals surface area contributed by atoms with Crippen LogP contribution in [0.3, 0.4) is 0 Å². The topological polar surface area (TPSA) is 56.2 Å². The van der Waals surface area contributed by atoms with Crippen LogP contribution < -0.4 is 0 Å². The Morgan fingerprint density at radius 2 is 2.00 bits per heavy atom. The van der Waals surface area contributed by atoms with E-state index in [9.17, 15) is 4.79 Å². The zero-order valence-electron chi connectivity index (χ0n) is 8.21. The molecule has 16 heavy (non-hydrogen) atoms. The number of rotatable bonds is 2. The van der Waals surface area contributed by atoms with Gasteiger partial charge in [0.05, 0.1) is 6.26 Å². The predicted octanol–water partition coefficient (Wildman–Crippen LogP) is 2.65. The second-order valence-electron chi connectivity index (χ2n) is 3.29. The lowest BCUT2D eigenvalue weighted by atomic mass is 10.3. The van der Waals surface area contributed by atoms with Gasteiger partial charge in [-0.15, -0.1) is 0 Å². The second-order valence-corrected chi connectivity index (χ2v) is 3.29. The van der Waals surface area contributed by atoms with Crippen molar-refractivity contribution in [2.45, 2.75) is 0 Å². The third-order valence-electron chi connectivity index (χ3n) is 2.23. The number of oxazole rings is 1. The summed E-state index contributed by atoms with van der Waals surface area (Å²) in [6.45, 7) is 0. The van der Waals surface area contributed by atoms with Gasteiger partial charge in [-0.25, -0.2) is 4.98 Å². The van der Waals surface area contributed by atoms with E-state index in [4.69, 9.17) is 8.83 Å². The zero-order valence-corrected chi connectivity index (χ0v) is 8.21. The van der Waals surface area contributed by atoms with Crippen molar-refractivity contribution in [3.05, 3.63) is 54.3 Å². The molecule has 2 aromatic heterocycles. The van der Waals surface area contributed by atoms with Gasteiger partial charge >= 0.3 is 0 Å². The summed E-state index contributed by atoms with van der Waals surface area (Å²) in [4.78, 5) is 15.9. The van der Waals surface area contributed by atoms with Crippen LogP contribution in [0.4, 0.5) is 0 Å². The monoisotopic (exact) mass is 213 g/mol. The van der Waals surface area contributed by atoms with E-state index < -0.39 is 0 Å². The number of ketones is 1. The SMILES string of the molecule is O=C(c1ccco1)c1nc2ccccc2o1. The maximum absolute atomic E-state index is 11.8. The van der Waals surface area contributed by atoms with Gasteiger partial charge in [-0.3, -0.25) is 4.79 Å². The van der Waals surface area contributed by atoms with Gasteiger partial charge in [0, 0.05) is 0 Å². The molecule has 0 amide bonds. The zero-order chi connectivity index (χ0) is 11.0. The Morgan fingerprint density at radius 1 is 1.12 bits per heavy atom. The summed E-state index contributed by atoms with van der Waals surface area (Å²) >= 11 is 0. The van der Waals surface area contributed by atoms with E-state index in [1.807, 2.05) is 12.1 Å². The molecule has 3 aromatic rings. The molecule has 0 aliphatic rings. The highest BCUT2D eigenvalue weighted by Gasteiger charge is 2.18. The molecule has 0 saturated heterocycles. The third kappa shape index (κ3) is 1.32. The number of carbonyl (C=O) groups excluding carboxylic acids is 1. The van der Waals surface area contributed by atoms with Gasteiger partial charge in [0.1, 0.15) is 5.52 Å². The van der Waals surface area contributed by atoms with E-state index in [0.29, 0.717) is 11.1 Å². The van der Waals surface area contributed by atoms with Gasteiger partial charge in [0.25, 0.3) is 11.7 Å². The number of hydrogen-bond acceptors (Lipinski definition) is 4. The van der Waals surface area contributed by atoms with Gasteiger partial charge in [-0.1, -0.05) is 12.1 Å². The smallest absolute Gasteiger partial charge is 0.283 e. The van der Waals surface area contributed by atoms with Crippen molar-refractivity contribution < 1.29 is 13.6 Å². The van der Waals surface area contributed by atoms with Gasteiger partial charge in [0.2, 0.25) is 0 Å². The van der Waals surface area contributed by atoms with E-state index in [2.05, 4.69) is 4.98 Å². The van der Waals surface area contributed by atoms with E-state index in [-0.39, 0.29) is 17.4 Å². The first-order chi connectivity index (χ1) is 7.84. The Bertz CT molecular complexity index is 604. The molecular formula is C12H7NO3. The van der Waals surface area contributed by atoms with Crippen LogP contribution >= 0.6 is 0 Å². The minimum Gasteiger partial charge on any atom is -0.461 e. The van der Waals surface area contributed by atoms with E-state index in [1.165, 1.54) is 6.26 Å². The second kappa shape index (κ2) is 3.34. The van der Waals surface area contributed by atoms with E-state index in [0.717, 1.165) is 0 Å². The predicted molar refractivity (Wildman–Crippen MR) is 56.1 cm³/mol. The highest BCUT2D eigenvalue weighted by Crippen LogP contribution is 2.17. The molecule has 4 heteroatoms. The maximum atomic E-state index is 11.8. The van der Waals surface area contributed by atoms with Gasteiger partial charge in [-0.05, 0) is 24.3 Å². The lowest BCUT2D eigenvalue weighted by Gasteiger charge is -1.88. The van der Waals surface area contributed by atoms with Gasteiger partial charge in [-0.2, -0.15) is 0 Å². The first-order valence-corrected chi connectivity index (χ1v) is 4.78. The van der Waals surface area contributed by atoms with Crippen molar-refractivity contribution in [3.8, 4) is 0 Å². The lowest BCUT2D eigenvalue weighted by molar-refractivity contribution is 0.0979. The van der Waals surface area contributed by atoms with E-state index >= 15 is 0 Å². The number of hydrogen-bond donors (Lipinski definition) is 0. The average molecular weight is 213 g/mol. The summed E-state index contributed by atoms with van der Waals surface area (Å²) < 4.78 is 10.3. The number of carbonyl (C=O) groups is 1. The number of nitrogens with zero attached hydrogens (tertiary/aromatic N) is 1. The molecule has 1 aromatic carbocycles. The number of aromatic nitrogens is 1. The molecular weight excluding hydrogens is 206 g/mol. The van der Waals surface area contributed by atoms with Crippen LogP contribution in [0.25, 0.3) is 11.1 Å². The molecule has 3 rings (SSSR count). The molecule has 78 valence electrons. The first-order valence-electron chi connectivity index (χ1n) is 4.78. The van der Waals surface area contributed by atoms with Crippen LogP contribution in [-0.4, -0.2) is 10.8 Å². The fourth-order valence-electron chi connectivity index (χ4n) is 1.48. The summed E-state index contributed by atoms with van der Waals surface area (Å²) in [7, 11) is 0. The van der Waals surface area contributed by atoms with Crippen molar-refractivity contribution in [2.24, 2.45) is 0 Å². The highest BCUT2D eigenvalue weighted by molar-refractivity contribution is 6.04. The molecule has 0 atom stereocenters. The maximum Gasteiger partial charge on any atom is 0.283 e. The lowest BCUT2D eigenvalue weighted by Crippen LogP contribution is -1.99. The molecule has 0 N–H and O–H groups in total. The Morgan fingerprint density at radius 3 is 2.75 bits per heavy atom. The Balaban J connectivity index is 2.10. The van der Waals surface area contributed by atoms with Crippen LogP contribution in [0, 0.1) is 0 Å².